The highest BCUT2D eigenvalue weighted by atomic mass is 32.2. The maximum Gasteiger partial charge on any atom is 0.421 e. The van der Waals surface area contributed by atoms with Crippen LogP contribution in [0.2, 0.25) is 0 Å². The molecule has 0 radical (unpaired) electrons. The third kappa shape index (κ3) is 5.26. The first-order valence-corrected chi connectivity index (χ1v) is 12.5. The first kappa shape index (κ1) is 25.7. The fourth-order valence-electron chi connectivity index (χ4n) is 3.97. The van der Waals surface area contributed by atoms with Crippen molar-refractivity contribution in [3.05, 3.63) is 58.7 Å². The SMILES string of the molecule is CC(C)c1cccc(C(C)C)c1N(c1c(C(C)C)cccc1C(C)C)S(=O)(=O)OC(N)=O. The minimum atomic E-state index is -4.59. The molecule has 0 aliphatic heterocycles. The van der Waals surface area contributed by atoms with Crippen LogP contribution in [0.1, 0.15) is 101 Å². The Hall–Kier alpha value is -2.54. The molecule has 0 aromatic heterocycles. The predicted molar refractivity (Wildman–Crippen MR) is 131 cm³/mol. The van der Waals surface area contributed by atoms with E-state index < -0.39 is 16.4 Å². The van der Waals surface area contributed by atoms with Gasteiger partial charge in [0.05, 0.1) is 11.4 Å². The van der Waals surface area contributed by atoms with Crippen LogP contribution in [0.25, 0.3) is 0 Å². The largest absolute Gasteiger partial charge is 0.421 e. The summed E-state index contributed by atoms with van der Waals surface area (Å²) in [5.41, 5.74) is 9.63. The Morgan fingerprint density at radius 3 is 1.22 bits per heavy atom. The minimum absolute atomic E-state index is 0.0312. The Balaban J connectivity index is 3.13. The molecule has 1 amide bonds. The van der Waals surface area contributed by atoms with E-state index in [-0.39, 0.29) is 23.7 Å². The molecular weight excluding hydrogens is 424 g/mol. The van der Waals surface area contributed by atoms with E-state index in [0.717, 1.165) is 22.3 Å². The molecule has 6 nitrogen and oxygen atoms in total. The van der Waals surface area contributed by atoms with Gasteiger partial charge in [0.1, 0.15) is 0 Å². The van der Waals surface area contributed by atoms with Gasteiger partial charge in [-0.1, -0.05) is 91.8 Å². The Labute approximate surface area is 193 Å². The molecule has 0 unspecified atom stereocenters. The third-order valence-corrected chi connectivity index (χ3v) is 6.69. The molecule has 0 fully saturated rings. The molecule has 0 aliphatic carbocycles. The van der Waals surface area contributed by atoms with Gasteiger partial charge in [0.15, 0.2) is 0 Å². The number of benzene rings is 2. The second kappa shape index (κ2) is 9.94. The van der Waals surface area contributed by atoms with E-state index >= 15 is 0 Å². The summed E-state index contributed by atoms with van der Waals surface area (Å²) in [6.45, 7) is 16.1. The number of rotatable bonds is 8. The fourth-order valence-corrected chi connectivity index (χ4v) is 5.12. The van der Waals surface area contributed by atoms with Crippen LogP contribution < -0.4 is 10.0 Å². The summed E-state index contributed by atoms with van der Waals surface area (Å²) in [6.07, 6.45) is -1.36. The zero-order valence-electron chi connectivity index (χ0n) is 20.3. The quantitative estimate of drug-likeness (QED) is 0.477. The third-order valence-electron chi connectivity index (χ3n) is 5.50. The summed E-state index contributed by atoms with van der Waals surface area (Å²) in [6, 6.07) is 11.6. The van der Waals surface area contributed by atoms with Crippen LogP contribution in [0.3, 0.4) is 0 Å². The van der Waals surface area contributed by atoms with E-state index in [1.807, 2.05) is 91.8 Å². The summed E-state index contributed by atoms with van der Waals surface area (Å²) in [7, 11) is -4.59. The standard InChI is InChI=1S/C25H36N2O4S/c1-15(2)19-11-9-12-20(16(3)4)23(19)27(32(29,30)31-25(26)28)24-21(17(5)6)13-10-14-22(24)18(7)8/h9-18H,1-8H3,(H2,26,28). The van der Waals surface area contributed by atoms with Crippen LogP contribution in [0, 0.1) is 0 Å². The van der Waals surface area contributed by atoms with E-state index in [0.29, 0.717) is 11.4 Å². The normalized spacial score (nSPS) is 12.1. The fraction of sp³-hybridized carbons (Fsp3) is 0.480. The van der Waals surface area contributed by atoms with Crippen LogP contribution in [0.4, 0.5) is 16.2 Å². The monoisotopic (exact) mass is 460 g/mol. The van der Waals surface area contributed by atoms with Crippen molar-refractivity contribution in [2.24, 2.45) is 5.73 Å². The second-order valence-electron chi connectivity index (χ2n) is 9.31. The van der Waals surface area contributed by atoms with Gasteiger partial charge in [0.25, 0.3) is 0 Å². The van der Waals surface area contributed by atoms with Crippen molar-refractivity contribution in [2.75, 3.05) is 4.31 Å². The van der Waals surface area contributed by atoms with Crippen LogP contribution >= 0.6 is 0 Å². The minimum Gasteiger partial charge on any atom is -0.334 e. The molecule has 0 saturated carbocycles. The lowest BCUT2D eigenvalue weighted by atomic mass is 9.89. The molecular formula is C25H36N2O4S. The maximum absolute atomic E-state index is 13.6. The molecule has 176 valence electrons. The number of carbonyl (C=O) groups excluding carboxylic acids is 1. The Kier molecular flexibility index (Phi) is 7.99. The number of carbonyl (C=O) groups is 1. The van der Waals surface area contributed by atoms with Crippen molar-refractivity contribution in [2.45, 2.75) is 79.1 Å². The highest BCUT2D eigenvalue weighted by Gasteiger charge is 2.36. The van der Waals surface area contributed by atoms with Crippen molar-refractivity contribution >= 4 is 27.8 Å². The molecule has 0 heterocycles. The highest BCUT2D eigenvalue weighted by Crippen LogP contribution is 2.46. The number of primary amides is 1. The number of amides is 1. The van der Waals surface area contributed by atoms with Crippen molar-refractivity contribution in [3.8, 4) is 0 Å². The number of anilines is 2. The van der Waals surface area contributed by atoms with Gasteiger partial charge in [-0.2, -0.15) is 8.42 Å². The lowest BCUT2D eigenvalue weighted by Crippen LogP contribution is -2.35. The molecule has 0 spiro atoms. The molecule has 2 aromatic carbocycles. The van der Waals surface area contributed by atoms with E-state index in [2.05, 4.69) is 0 Å². The van der Waals surface area contributed by atoms with Gasteiger partial charge in [-0.25, -0.2) is 9.10 Å². The van der Waals surface area contributed by atoms with E-state index in [4.69, 9.17) is 9.92 Å². The van der Waals surface area contributed by atoms with E-state index in [1.165, 1.54) is 4.31 Å². The lowest BCUT2D eigenvalue weighted by molar-refractivity contribution is 0.212. The number of para-hydroxylation sites is 2. The zero-order valence-corrected chi connectivity index (χ0v) is 21.2. The highest BCUT2D eigenvalue weighted by molar-refractivity contribution is 7.89. The summed E-state index contributed by atoms with van der Waals surface area (Å²) in [4.78, 5) is 11.7. The van der Waals surface area contributed by atoms with Crippen molar-refractivity contribution in [1.29, 1.82) is 0 Å². The molecule has 0 saturated heterocycles. The van der Waals surface area contributed by atoms with Crippen LogP contribution in [0.15, 0.2) is 36.4 Å². The van der Waals surface area contributed by atoms with Crippen molar-refractivity contribution < 1.29 is 17.4 Å². The average molecular weight is 461 g/mol. The summed E-state index contributed by atoms with van der Waals surface area (Å²) < 4.78 is 33.3. The number of nitrogens with zero attached hydrogens (tertiary/aromatic N) is 1. The lowest BCUT2D eigenvalue weighted by Gasteiger charge is -2.33. The van der Waals surface area contributed by atoms with Gasteiger partial charge < -0.3 is 9.92 Å². The first-order chi connectivity index (χ1) is 14.8. The van der Waals surface area contributed by atoms with Crippen LogP contribution in [0.5, 0.6) is 0 Å². The smallest absolute Gasteiger partial charge is 0.334 e. The molecule has 32 heavy (non-hydrogen) atoms. The van der Waals surface area contributed by atoms with Crippen LogP contribution in [-0.4, -0.2) is 14.5 Å². The van der Waals surface area contributed by atoms with Crippen molar-refractivity contribution in [3.63, 3.8) is 0 Å². The Morgan fingerprint density at radius 1 is 0.719 bits per heavy atom. The zero-order chi connectivity index (χ0) is 24.4. The Bertz CT molecular complexity index is 957. The molecule has 2 N–H and O–H groups in total. The van der Waals surface area contributed by atoms with Gasteiger partial charge in [-0.3, -0.25) is 0 Å². The maximum atomic E-state index is 13.6. The Morgan fingerprint density at radius 2 is 1.00 bits per heavy atom. The molecule has 2 rings (SSSR count). The van der Waals surface area contributed by atoms with Gasteiger partial charge in [0, 0.05) is 0 Å². The number of hydrogen-bond donors (Lipinski definition) is 1. The molecule has 0 atom stereocenters. The van der Waals surface area contributed by atoms with Gasteiger partial charge in [0.2, 0.25) is 0 Å². The summed E-state index contributed by atoms with van der Waals surface area (Å²) >= 11 is 0. The van der Waals surface area contributed by atoms with Gasteiger partial charge in [-0.05, 0) is 45.9 Å². The molecule has 2 aromatic rings. The molecule has 0 aliphatic rings. The van der Waals surface area contributed by atoms with Gasteiger partial charge in [-0.15, -0.1) is 0 Å². The second-order valence-corrected chi connectivity index (χ2v) is 10.7. The number of nitrogens with two attached hydrogens (primary N) is 1. The summed E-state index contributed by atoms with van der Waals surface area (Å²) in [5, 5.41) is 0. The molecule has 0 bridgehead atoms. The first-order valence-electron chi connectivity index (χ1n) is 11.1. The molecule has 7 heteroatoms. The van der Waals surface area contributed by atoms with E-state index in [1.54, 1.807) is 0 Å². The van der Waals surface area contributed by atoms with Crippen LogP contribution in [-0.2, 0) is 14.5 Å². The van der Waals surface area contributed by atoms with Gasteiger partial charge >= 0.3 is 16.4 Å². The summed E-state index contributed by atoms with van der Waals surface area (Å²) in [5.74, 6) is 0.125. The topological polar surface area (TPSA) is 89.7 Å². The average Bonchev–Trinajstić information content (AvgIpc) is 2.66. The van der Waals surface area contributed by atoms with E-state index in [9.17, 15) is 13.2 Å². The predicted octanol–water partition coefficient (Wildman–Crippen LogP) is 6.66. The number of hydrogen-bond acceptors (Lipinski definition) is 4. The van der Waals surface area contributed by atoms with Crippen molar-refractivity contribution in [1.82, 2.24) is 0 Å².